The van der Waals surface area contributed by atoms with Gasteiger partial charge in [0.05, 0.1) is 23.9 Å². The fourth-order valence-corrected chi connectivity index (χ4v) is 4.20. The molecule has 2 aromatic carbocycles. The molecule has 0 saturated heterocycles. The van der Waals surface area contributed by atoms with Gasteiger partial charge in [0.2, 0.25) is 0 Å². The summed E-state index contributed by atoms with van der Waals surface area (Å²) in [6.45, 7) is 12.9. The number of nitrogens with one attached hydrogen (secondary N) is 1. The predicted octanol–water partition coefficient (Wildman–Crippen LogP) is 5.92. The highest BCUT2D eigenvalue weighted by Gasteiger charge is 2.38. The molecule has 0 spiro atoms. The van der Waals surface area contributed by atoms with Gasteiger partial charge in [0.15, 0.2) is 0 Å². The molecule has 2 aromatic rings. The van der Waals surface area contributed by atoms with Crippen molar-refractivity contribution in [2.45, 2.75) is 59.4 Å². The molecule has 0 bridgehead atoms. The first kappa shape index (κ1) is 25.3. The summed E-state index contributed by atoms with van der Waals surface area (Å²) in [5, 5.41) is 3.00. The van der Waals surface area contributed by atoms with Crippen LogP contribution in [0.2, 0.25) is 0 Å². The van der Waals surface area contributed by atoms with Gasteiger partial charge in [-0.2, -0.15) is 0 Å². The lowest BCUT2D eigenvalue weighted by Gasteiger charge is -2.36. The van der Waals surface area contributed by atoms with Gasteiger partial charge in [-0.1, -0.05) is 70.2 Å². The summed E-state index contributed by atoms with van der Waals surface area (Å²) < 4.78 is 11.7. The first-order chi connectivity index (χ1) is 16.3. The first-order valence-corrected chi connectivity index (χ1v) is 12.1. The summed E-state index contributed by atoms with van der Waals surface area (Å²) in [6.07, 6.45) is 0. The minimum atomic E-state index is -0.616. The van der Waals surface area contributed by atoms with E-state index in [1.165, 1.54) is 5.56 Å². The van der Waals surface area contributed by atoms with Crippen LogP contribution >= 0.6 is 0 Å². The van der Waals surface area contributed by atoms with Crippen LogP contribution < -0.4 is 10.1 Å². The van der Waals surface area contributed by atoms with Gasteiger partial charge >= 0.3 is 12.0 Å². The van der Waals surface area contributed by atoms with E-state index >= 15 is 0 Å². The molecule has 2 amide bonds. The van der Waals surface area contributed by atoms with Crippen molar-refractivity contribution < 1.29 is 19.1 Å². The molecule has 6 nitrogen and oxygen atoms in total. The second-order valence-electron chi connectivity index (χ2n) is 9.01. The van der Waals surface area contributed by atoms with Crippen molar-refractivity contribution in [3.63, 3.8) is 0 Å². The molecule has 1 aliphatic rings. The Balaban J connectivity index is 2.07. The molecule has 0 aliphatic carbocycles. The molecule has 3 rings (SSSR count). The Morgan fingerprint density at radius 1 is 1.00 bits per heavy atom. The van der Waals surface area contributed by atoms with E-state index in [9.17, 15) is 9.59 Å². The van der Waals surface area contributed by atoms with Gasteiger partial charge in [-0.15, -0.1) is 0 Å². The van der Waals surface area contributed by atoms with Crippen LogP contribution in [0.1, 0.15) is 76.1 Å². The third-order valence-electron chi connectivity index (χ3n) is 6.09. The van der Waals surface area contributed by atoms with Crippen LogP contribution in [0.25, 0.3) is 0 Å². The van der Waals surface area contributed by atoms with Crippen LogP contribution in [-0.4, -0.2) is 36.7 Å². The largest absolute Gasteiger partial charge is 0.487 e. The van der Waals surface area contributed by atoms with Gasteiger partial charge < -0.3 is 14.8 Å². The van der Waals surface area contributed by atoms with Crippen molar-refractivity contribution in [3.05, 3.63) is 76.5 Å². The van der Waals surface area contributed by atoms with Crippen molar-refractivity contribution in [1.82, 2.24) is 10.2 Å². The van der Waals surface area contributed by atoms with Gasteiger partial charge in [0, 0.05) is 6.54 Å². The molecule has 0 aromatic heterocycles. The zero-order valence-corrected chi connectivity index (χ0v) is 21.1. The Bertz CT molecular complexity index is 1040. The van der Waals surface area contributed by atoms with Crippen molar-refractivity contribution in [2.24, 2.45) is 0 Å². The van der Waals surface area contributed by atoms with Crippen LogP contribution in [-0.2, 0) is 9.53 Å². The Labute approximate surface area is 202 Å². The summed E-state index contributed by atoms with van der Waals surface area (Å²) in [5.74, 6) is 0.956. The number of carbonyl (C=O) groups excluding carboxylic acids is 2. The lowest BCUT2D eigenvalue weighted by atomic mass is 9.92. The van der Waals surface area contributed by atoms with Gasteiger partial charge in [-0.05, 0) is 48.4 Å². The number of benzene rings is 2. The Kier molecular flexibility index (Phi) is 8.37. The number of hydrogen-bond donors (Lipinski definition) is 1. The molecule has 1 aliphatic heterocycles. The van der Waals surface area contributed by atoms with E-state index in [0.717, 1.165) is 16.9 Å². The maximum absolute atomic E-state index is 13.2. The zero-order valence-electron chi connectivity index (χ0n) is 21.1. The Morgan fingerprint density at radius 3 is 2.26 bits per heavy atom. The average molecular weight is 465 g/mol. The molecule has 0 radical (unpaired) electrons. The molecule has 1 N–H and O–H groups in total. The minimum Gasteiger partial charge on any atom is -0.487 e. The monoisotopic (exact) mass is 464 g/mol. The first-order valence-electron chi connectivity index (χ1n) is 12.1. The average Bonchev–Trinajstić information content (AvgIpc) is 2.82. The Morgan fingerprint density at radius 2 is 1.68 bits per heavy atom. The number of ether oxygens (including phenoxy) is 2. The van der Waals surface area contributed by atoms with Crippen LogP contribution in [0, 0.1) is 0 Å². The van der Waals surface area contributed by atoms with Gasteiger partial charge in [0.25, 0.3) is 0 Å². The van der Waals surface area contributed by atoms with E-state index in [1.807, 2.05) is 55.5 Å². The van der Waals surface area contributed by atoms with Gasteiger partial charge in [-0.25, -0.2) is 9.59 Å². The third-order valence-corrected chi connectivity index (χ3v) is 6.09. The zero-order chi connectivity index (χ0) is 24.8. The second kappa shape index (κ2) is 11.2. The maximum Gasteiger partial charge on any atom is 0.338 e. The van der Waals surface area contributed by atoms with E-state index in [1.54, 1.807) is 11.8 Å². The number of likely N-dealkylation sites (N-methyl/N-ethyl adjacent to an activating group) is 1. The quantitative estimate of drug-likeness (QED) is 0.468. The second-order valence-corrected chi connectivity index (χ2v) is 9.01. The smallest absolute Gasteiger partial charge is 0.338 e. The Hall–Kier alpha value is -3.28. The van der Waals surface area contributed by atoms with Gasteiger partial charge in [-0.3, -0.25) is 4.90 Å². The van der Waals surface area contributed by atoms with E-state index in [2.05, 4.69) is 33.0 Å². The fraction of sp³-hybridized carbons (Fsp3) is 0.429. The predicted molar refractivity (Wildman–Crippen MR) is 134 cm³/mol. The summed E-state index contributed by atoms with van der Waals surface area (Å²) in [7, 11) is 0. The van der Waals surface area contributed by atoms with E-state index in [4.69, 9.17) is 9.47 Å². The molecule has 0 saturated carbocycles. The molecular weight excluding hydrogens is 428 g/mol. The molecule has 1 atom stereocenters. The van der Waals surface area contributed by atoms with E-state index in [-0.39, 0.29) is 25.2 Å². The van der Waals surface area contributed by atoms with E-state index in [0.29, 0.717) is 23.7 Å². The summed E-state index contributed by atoms with van der Waals surface area (Å²) >= 11 is 0. The number of esters is 1. The van der Waals surface area contributed by atoms with Gasteiger partial charge in [0.1, 0.15) is 12.4 Å². The highest BCUT2D eigenvalue weighted by molar-refractivity contribution is 5.95. The lowest BCUT2D eigenvalue weighted by Crippen LogP contribution is -2.49. The molecule has 182 valence electrons. The molecule has 0 fully saturated rings. The van der Waals surface area contributed by atoms with Crippen molar-refractivity contribution in [2.75, 3.05) is 19.8 Å². The van der Waals surface area contributed by atoms with E-state index < -0.39 is 12.0 Å². The molecule has 34 heavy (non-hydrogen) atoms. The SMILES string of the molecule is CCOC(=O)C1=C(COc2ccccc2C(C)C)N(CC)C(=O)NC1c1ccc(C(C)C)cc1. The molecule has 6 heteroatoms. The topological polar surface area (TPSA) is 67.9 Å². The molecule has 1 unspecified atom stereocenters. The van der Waals surface area contributed by atoms with Crippen molar-refractivity contribution in [1.29, 1.82) is 0 Å². The highest BCUT2D eigenvalue weighted by Crippen LogP contribution is 2.33. The normalized spacial score (nSPS) is 16.2. The summed E-state index contributed by atoms with van der Waals surface area (Å²) in [6, 6.07) is 15.0. The lowest BCUT2D eigenvalue weighted by molar-refractivity contribution is -0.139. The number of para-hydroxylation sites is 1. The third kappa shape index (κ3) is 5.44. The number of carbonyl (C=O) groups is 2. The molecular formula is C28H36N2O4. The number of hydrogen-bond acceptors (Lipinski definition) is 4. The minimum absolute atomic E-state index is 0.0831. The summed E-state index contributed by atoms with van der Waals surface area (Å²) in [5.41, 5.74) is 4.03. The molecule has 1 heterocycles. The number of amides is 2. The van der Waals surface area contributed by atoms with Crippen LogP contribution in [0.15, 0.2) is 59.8 Å². The standard InChI is InChI=1S/C28H36N2O4/c1-7-30-23(17-34-24-12-10-9-11-22(24)19(5)6)25(27(31)33-8-2)26(29-28(30)32)21-15-13-20(14-16-21)18(3)4/h9-16,18-19,26H,7-8,17H2,1-6H3,(H,29,32). The fourth-order valence-electron chi connectivity index (χ4n) is 4.20. The van der Waals surface area contributed by atoms with Crippen molar-refractivity contribution >= 4 is 12.0 Å². The highest BCUT2D eigenvalue weighted by atomic mass is 16.5. The number of rotatable bonds is 9. The van der Waals surface area contributed by atoms with Crippen LogP contribution in [0.5, 0.6) is 5.75 Å². The number of urea groups is 1. The summed E-state index contributed by atoms with van der Waals surface area (Å²) in [4.78, 5) is 27.8. The van der Waals surface area contributed by atoms with Crippen LogP contribution in [0.4, 0.5) is 4.79 Å². The van der Waals surface area contributed by atoms with Crippen LogP contribution in [0.3, 0.4) is 0 Å². The maximum atomic E-state index is 13.2. The van der Waals surface area contributed by atoms with Crippen molar-refractivity contribution in [3.8, 4) is 5.75 Å². The number of nitrogens with zero attached hydrogens (tertiary/aromatic N) is 1.